The molecule has 1 heterocycles. The second kappa shape index (κ2) is 6.33. The average molecular weight is 298 g/mol. The van der Waals surface area contributed by atoms with Crippen molar-refractivity contribution in [2.45, 2.75) is 0 Å². The zero-order valence-corrected chi connectivity index (χ0v) is 11.9. The van der Waals surface area contributed by atoms with E-state index in [1.807, 2.05) is 36.4 Å². The topological polar surface area (TPSA) is 97.8 Å². The molecule has 0 aliphatic carbocycles. The Kier molecular flexibility index (Phi) is 3.91. The van der Waals surface area contributed by atoms with E-state index in [1.165, 1.54) is 0 Å². The van der Waals surface area contributed by atoms with Crippen molar-refractivity contribution in [3.8, 4) is 23.4 Å². The van der Waals surface area contributed by atoms with Gasteiger partial charge in [-0.3, -0.25) is 10.4 Å². The highest BCUT2D eigenvalue weighted by Crippen LogP contribution is 2.21. The van der Waals surface area contributed by atoms with E-state index in [4.69, 9.17) is 10.5 Å². The van der Waals surface area contributed by atoms with Crippen LogP contribution in [-0.2, 0) is 0 Å². The molecular formula is C17H10N6. The average Bonchev–Trinajstić information content (AvgIpc) is 2.63. The van der Waals surface area contributed by atoms with E-state index < -0.39 is 0 Å². The van der Waals surface area contributed by atoms with E-state index in [2.05, 4.69) is 20.5 Å². The Labute approximate surface area is 132 Å². The molecular weight excluding hydrogens is 288 g/mol. The molecule has 0 fully saturated rings. The third-order valence-electron chi connectivity index (χ3n) is 3.14. The number of hydrazone groups is 1. The van der Waals surface area contributed by atoms with E-state index in [0.29, 0.717) is 5.69 Å². The normalized spacial score (nSPS) is 9.65. The summed E-state index contributed by atoms with van der Waals surface area (Å²) in [5.74, 6) is 0. The molecule has 23 heavy (non-hydrogen) atoms. The maximum Gasteiger partial charge on any atom is 0.237 e. The molecule has 2 aromatic carbocycles. The van der Waals surface area contributed by atoms with E-state index >= 15 is 0 Å². The first-order valence-corrected chi connectivity index (χ1v) is 6.76. The SMILES string of the molecule is N#CC(C#N)=NNc1ccc(-c2cnc3ccccc3n2)cc1. The van der Waals surface area contributed by atoms with Crippen LogP contribution in [0, 0.1) is 22.7 Å². The zero-order valence-electron chi connectivity index (χ0n) is 11.9. The number of hydrogen-bond donors (Lipinski definition) is 1. The van der Waals surface area contributed by atoms with Gasteiger partial charge in [0.05, 0.1) is 28.6 Å². The quantitative estimate of drug-likeness (QED) is 0.591. The van der Waals surface area contributed by atoms with Gasteiger partial charge in [0, 0.05) is 5.56 Å². The molecule has 3 aromatic rings. The third kappa shape index (κ3) is 3.12. The molecule has 1 aromatic heterocycles. The third-order valence-corrected chi connectivity index (χ3v) is 3.14. The number of nitrogens with zero attached hydrogens (tertiary/aromatic N) is 5. The van der Waals surface area contributed by atoms with Gasteiger partial charge >= 0.3 is 0 Å². The lowest BCUT2D eigenvalue weighted by Crippen LogP contribution is -1.96. The van der Waals surface area contributed by atoms with Gasteiger partial charge in [-0.25, -0.2) is 4.98 Å². The van der Waals surface area contributed by atoms with Crippen LogP contribution in [0.15, 0.2) is 59.8 Å². The lowest BCUT2D eigenvalue weighted by Gasteiger charge is -2.04. The summed E-state index contributed by atoms with van der Waals surface area (Å²) in [6.07, 6.45) is 1.73. The molecule has 0 saturated carbocycles. The molecule has 108 valence electrons. The molecule has 1 N–H and O–H groups in total. The summed E-state index contributed by atoms with van der Waals surface area (Å²) in [5, 5.41) is 20.9. The molecule has 0 bridgehead atoms. The molecule has 0 spiro atoms. The Bertz CT molecular complexity index is 945. The van der Waals surface area contributed by atoms with Gasteiger partial charge in [-0.2, -0.15) is 15.6 Å². The number of nitrogens with one attached hydrogen (secondary N) is 1. The summed E-state index contributed by atoms with van der Waals surface area (Å²) in [5.41, 5.74) is 6.48. The lowest BCUT2D eigenvalue weighted by molar-refractivity contribution is 1.29. The molecule has 6 nitrogen and oxygen atoms in total. The van der Waals surface area contributed by atoms with E-state index in [9.17, 15) is 0 Å². The zero-order chi connectivity index (χ0) is 16.1. The van der Waals surface area contributed by atoms with Crippen LogP contribution in [0.25, 0.3) is 22.3 Å². The van der Waals surface area contributed by atoms with Crippen molar-refractivity contribution >= 4 is 22.4 Å². The minimum Gasteiger partial charge on any atom is -0.277 e. The highest BCUT2D eigenvalue weighted by molar-refractivity contribution is 6.10. The fraction of sp³-hybridized carbons (Fsp3) is 0. The highest BCUT2D eigenvalue weighted by atomic mass is 15.3. The lowest BCUT2D eigenvalue weighted by atomic mass is 10.1. The number of aromatic nitrogens is 2. The number of benzene rings is 2. The first-order valence-electron chi connectivity index (χ1n) is 6.76. The van der Waals surface area contributed by atoms with Crippen LogP contribution < -0.4 is 5.43 Å². The van der Waals surface area contributed by atoms with Gasteiger partial charge in [-0.05, 0) is 24.3 Å². The van der Waals surface area contributed by atoms with Gasteiger partial charge in [0.25, 0.3) is 0 Å². The number of anilines is 1. The van der Waals surface area contributed by atoms with E-state index in [1.54, 1.807) is 30.5 Å². The summed E-state index contributed by atoms with van der Waals surface area (Å²) in [4.78, 5) is 8.97. The van der Waals surface area contributed by atoms with Crippen molar-refractivity contribution in [1.29, 1.82) is 10.5 Å². The predicted octanol–water partition coefficient (Wildman–Crippen LogP) is 3.11. The second-order valence-corrected chi connectivity index (χ2v) is 4.62. The van der Waals surface area contributed by atoms with Gasteiger partial charge in [0.15, 0.2) is 0 Å². The van der Waals surface area contributed by atoms with Crippen molar-refractivity contribution in [3.63, 3.8) is 0 Å². The van der Waals surface area contributed by atoms with Crippen LogP contribution in [0.1, 0.15) is 0 Å². The Morgan fingerprint density at radius 1 is 0.957 bits per heavy atom. The highest BCUT2D eigenvalue weighted by Gasteiger charge is 2.03. The molecule has 0 radical (unpaired) electrons. The van der Waals surface area contributed by atoms with Crippen molar-refractivity contribution in [1.82, 2.24) is 9.97 Å². The first kappa shape index (κ1) is 14.2. The predicted molar refractivity (Wildman–Crippen MR) is 87.3 cm³/mol. The molecule has 0 amide bonds. The van der Waals surface area contributed by atoms with Crippen LogP contribution >= 0.6 is 0 Å². The number of para-hydroxylation sites is 2. The first-order chi connectivity index (χ1) is 11.3. The molecule has 6 heteroatoms. The van der Waals surface area contributed by atoms with Gasteiger partial charge < -0.3 is 0 Å². The summed E-state index contributed by atoms with van der Waals surface area (Å²) >= 11 is 0. The van der Waals surface area contributed by atoms with Crippen LogP contribution in [0.4, 0.5) is 5.69 Å². The monoisotopic (exact) mass is 298 g/mol. The minimum absolute atomic E-state index is 0.227. The van der Waals surface area contributed by atoms with Crippen molar-refractivity contribution < 1.29 is 0 Å². The summed E-state index contributed by atoms with van der Waals surface area (Å²) < 4.78 is 0. The summed E-state index contributed by atoms with van der Waals surface area (Å²) in [6.45, 7) is 0. The minimum atomic E-state index is -0.227. The van der Waals surface area contributed by atoms with Crippen LogP contribution in [0.3, 0.4) is 0 Å². The van der Waals surface area contributed by atoms with Crippen LogP contribution in [-0.4, -0.2) is 15.7 Å². The van der Waals surface area contributed by atoms with Crippen LogP contribution in [0.5, 0.6) is 0 Å². The number of nitriles is 2. The Hall–Kier alpha value is -3.77. The molecule has 0 saturated heterocycles. The molecule has 0 atom stereocenters. The standard InChI is InChI=1S/C17H10N6/c18-9-14(10-19)23-22-13-7-5-12(6-8-13)17-11-20-15-3-1-2-4-16(15)21-17/h1-8,11,22H. The van der Waals surface area contributed by atoms with Crippen molar-refractivity contribution in [2.24, 2.45) is 5.10 Å². The van der Waals surface area contributed by atoms with Gasteiger partial charge in [-0.15, -0.1) is 0 Å². The number of hydrogen-bond acceptors (Lipinski definition) is 6. The molecule has 0 unspecified atom stereocenters. The number of rotatable bonds is 3. The Morgan fingerprint density at radius 2 is 1.65 bits per heavy atom. The van der Waals surface area contributed by atoms with Gasteiger partial charge in [-0.1, -0.05) is 24.3 Å². The summed E-state index contributed by atoms with van der Waals surface area (Å²) in [6, 6.07) is 18.4. The maximum absolute atomic E-state index is 8.62. The molecule has 0 aliphatic heterocycles. The maximum atomic E-state index is 8.62. The summed E-state index contributed by atoms with van der Waals surface area (Å²) in [7, 11) is 0. The number of fused-ring (bicyclic) bond motifs is 1. The fourth-order valence-corrected chi connectivity index (χ4v) is 2.01. The fourth-order valence-electron chi connectivity index (χ4n) is 2.01. The Balaban J connectivity index is 1.85. The van der Waals surface area contributed by atoms with Gasteiger partial charge in [0.2, 0.25) is 5.71 Å². The van der Waals surface area contributed by atoms with E-state index in [0.717, 1.165) is 22.3 Å². The second-order valence-electron chi connectivity index (χ2n) is 4.62. The van der Waals surface area contributed by atoms with Crippen molar-refractivity contribution in [2.75, 3.05) is 5.43 Å². The molecule has 0 aliphatic rings. The van der Waals surface area contributed by atoms with E-state index in [-0.39, 0.29) is 5.71 Å². The van der Waals surface area contributed by atoms with Crippen LogP contribution in [0.2, 0.25) is 0 Å². The largest absolute Gasteiger partial charge is 0.277 e. The smallest absolute Gasteiger partial charge is 0.237 e. The molecule has 3 rings (SSSR count). The van der Waals surface area contributed by atoms with Crippen molar-refractivity contribution in [3.05, 3.63) is 54.7 Å². The Morgan fingerprint density at radius 3 is 2.35 bits per heavy atom. The van der Waals surface area contributed by atoms with Gasteiger partial charge in [0.1, 0.15) is 12.1 Å².